The third-order valence-corrected chi connectivity index (χ3v) is 4.39. The van der Waals surface area contributed by atoms with E-state index in [1.54, 1.807) is 19.1 Å². The Hall–Kier alpha value is -1.47. The van der Waals surface area contributed by atoms with Gasteiger partial charge < -0.3 is 5.32 Å². The molecule has 1 N–H and O–H groups in total. The molecule has 2 rings (SSSR count). The Morgan fingerprint density at radius 3 is 2.62 bits per heavy atom. The second kappa shape index (κ2) is 6.53. The second-order valence-corrected chi connectivity index (χ2v) is 6.17. The average molecular weight is 418 g/mol. The Labute approximate surface area is 137 Å². The number of halogens is 3. The van der Waals surface area contributed by atoms with Crippen molar-refractivity contribution < 1.29 is 9.31 Å². The smallest absolute Gasteiger partial charge is 0.274 e. The van der Waals surface area contributed by atoms with E-state index >= 15 is 0 Å². The SMILES string of the molecule is Cc1cc(Br)c(NCc2cc(F)ccc2Br)cc1[N+](=O)[O-]. The van der Waals surface area contributed by atoms with Crippen LogP contribution in [0.15, 0.2) is 39.3 Å². The van der Waals surface area contributed by atoms with E-state index in [2.05, 4.69) is 37.2 Å². The van der Waals surface area contributed by atoms with Crippen molar-refractivity contribution in [1.82, 2.24) is 0 Å². The Balaban J connectivity index is 2.25. The normalized spacial score (nSPS) is 10.5. The summed E-state index contributed by atoms with van der Waals surface area (Å²) >= 11 is 6.71. The molecule has 0 heterocycles. The first-order valence-electron chi connectivity index (χ1n) is 6.01. The van der Waals surface area contributed by atoms with Gasteiger partial charge in [-0.25, -0.2) is 4.39 Å². The maximum Gasteiger partial charge on any atom is 0.274 e. The van der Waals surface area contributed by atoms with Gasteiger partial charge in [-0.05, 0) is 52.7 Å². The second-order valence-electron chi connectivity index (χ2n) is 4.46. The van der Waals surface area contributed by atoms with Crippen LogP contribution in [0.25, 0.3) is 0 Å². The Morgan fingerprint density at radius 2 is 1.95 bits per heavy atom. The number of rotatable bonds is 4. The zero-order chi connectivity index (χ0) is 15.6. The molecule has 0 fully saturated rings. The molecule has 0 unspecified atom stereocenters. The fourth-order valence-corrected chi connectivity index (χ4v) is 2.85. The van der Waals surface area contributed by atoms with Gasteiger partial charge in [0.25, 0.3) is 5.69 Å². The van der Waals surface area contributed by atoms with Crippen molar-refractivity contribution in [1.29, 1.82) is 0 Å². The molecule has 2 aromatic carbocycles. The molecule has 0 bridgehead atoms. The highest BCUT2D eigenvalue weighted by molar-refractivity contribution is 9.11. The number of nitro benzene ring substituents is 1. The molecule has 110 valence electrons. The summed E-state index contributed by atoms with van der Waals surface area (Å²) in [5, 5.41) is 14.0. The highest BCUT2D eigenvalue weighted by Gasteiger charge is 2.14. The van der Waals surface area contributed by atoms with Crippen LogP contribution in [-0.2, 0) is 6.54 Å². The van der Waals surface area contributed by atoms with Crippen LogP contribution in [0.2, 0.25) is 0 Å². The van der Waals surface area contributed by atoms with Crippen molar-refractivity contribution in [2.75, 3.05) is 5.32 Å². The third kappa shape index (κ3) is 3.79. The number of nitrogens with one attached hydrogen (secondary N) is 1. The number of aryl methyl sites for hydroxylation is 1. The Bertz CT molecular complexity index is 708. The number of nitrogens with zero attached hydrogens (tertiary/aromatic N) is 1. The van der Waals surface area contributed by atoms with Crippen molar-refractivity contribution in [2.45, 2.75) is 13.5 Å². The summed E-state index contributed by atoms with van der Waals surface area (Å²) in [6, 6.07) is 7.54. The molecule has 4 nitrogen and oxygen atoms in total. The summed E-state index contributed by atoms with van der Waals surface area (Å²) in [6.07, 6.45) is 0. The molecule has 0 radical (unpaired) electrons. The summed E-state index contributed by atoms with van der Waals surface area (Å²) in [4.78, 5) is 10.5. The molecule has 0 amide bonds. The molecule has 7 heteroatoms. The minimum Gasteiger partial charge on any atom is -0.380 e. The van der Waals surface area contributed by atoms with Crippen LogP contribution in [0.3, 0.4) is 0 Å². The molecule has 0 saturated carbocycles. The van der Waals surface area contributed by atoms with Gasteiger partial charge >= 0.3 is 0 Å². The van der Waals surface area contributed by atoms with Crippen molar-refractivity contribution in [3.8, 4) is 0 Å². The number of benzene rings is 2. The first-order valence-corrected chi connectivity index (χ1v) is 7.59. The predicted molar refractivity (Wildman–Crippen MR) is 87.0 cm³/mol. The summed E-state index contributed by atoms with van der Waals surface area (Å²) in [5.74, 6) is -0.330. The van der Waals surface area contributed by atoms with E-state index in [9.17, 15) is 14.5 Å². The molecular formula is C14H11Br2FN2O2. The molecule has 0 aliphatic heterocycles. The van der Waals surface area contributed by atoms with Crippen molar-refractivity contribution >= 4 is 43.2 Å². The first-order chi connectivity index (χ1) is 9.88. The lowest BCUT2D eigenvalue weighted by atomic mass is 10.1. The summed E-state index contributed by atoms with van der Waals surface area (Å²) in [5.41, 5.74) is 1.93. The van der Waals surface area contributed by atoms with Gasteiger partial charge in [0.15, 0.2) is 0 Å². The lowest BCUT2D eigenvalue weighted by molar-refractivity contribution is -0.385. The van der Waals surface area contributed by atoms with Crippen LogP contribution in [0.1, 0.15) is 11.1 Å². The van der Waals surface area contributed by atoms with Gasteiger partial charge in [0.05, 0.1) is 10.6 Å². The van der Waals surface area contributed by atoms with Crippen molar-refractivity contribution in [2.24, 2.45) is 0 Å². The van der Waals surface area contributed by atoms with Gasteiger partial charge in [0.2, 0.25) is 0 Å². The van der Waals surface area contributed by atoms with Gasteiger partial charge in [-0.1, -0.05) is 15.9 Å². The van der Waals surface area contributed by atoms with Crippen LogP contribution in [-0.4, -0.2) is 4.92 Å². The lowest BCUT2D eigenvalue weighted by Gasteiger charge is -2.11. The van der Waals surface area contributed by atoms with E-state index in [-0.39, 0.29) is 11.5 Å². The van der Waals surface area contributed by atoms with Gasteiger partial charge in [-0.3, -0.25) is 10.1 Å². The van der Waals surface area contributed by atoms with Crippen LogP contribution in [0, 0.1) is 22.9 Å². The molecule has 0 saturated heterocycles. The highest BCUT2D eigenvalue weighted by atomic mass is 79.9. The minimum absolute atomic E-state index is 0.0407. The molecule has 0 atom stereocenters. The first kappa shape index (κ1) is 15.9. The molecule has 0 spiro atoms. The predicted octanol–water partition coefficient (Wildman–Crippen LogP) is 5.18. The van der Waals surface area contributed by atoms with E-state index in [0.717, 1.165) is 14.5 Å². The zero-order valence-electron chi connectivity index (χ0n) is 11.0. The summed E-state index contributed by atoms with van der Waals surface area (Å²) < 4.78 is 14.7. The van der Waals surface area contributed by atoms with Crippen molar-refractivity contribution in [3.05, 3.63) is 66.3 Å². The van der Waals surface area contributed by atoms with E-state index in [0.29, 0.717) is 17.8 Å². The molecule has 0 aromatic heterocycles. The molecule has 2 aromatic rings. The molecular weight excluding hydrogens is 407 g/mol. The van der Waals surface area contributed by atoms with Crippen molar-refractivity contribution in [3.63, 3.8) is 0 Å². The maximum absolute atomic E-state index is 13.2. The topological polar surface area (TPSA) is 55.2 Å². The van der Waals surface area contributed by atoms with E-state index in [4.69, 9.17) is 0 Å². The number of anilines is 1. The van der Waals surface area contributed by atoms with Gasteiger partial charge in [-0.2, -0.15) is 0 Å². The summed E-state index contributed by atoms with van der Waals surface area (Å²) in [7, 11) is 0. The van der Waals surface area contributed by atoms with E-state index < -0.39 is 4.92 Å². The highest BCUT2D eigenvalue weighted by Crippen LogP contribution is 2.31. The monoisotopic (exact) mass is 416 g/mol. The molecule has 0 aliphatic rings. The van der Waals surface area contributed by atoms with E-state index in [1.165, 1.54) is 18.2 Å². The Morgan fingerprint density at radius 1 is 1.24 bits per heavy atom. The van der Waals surface area contributed by atoms with Gasteiger partial charge in [-0.15, -0.1) is 0 Å². The van der Waals surface area contributed by atoms with Gasteiger partial charge in [0, 0.05) is 27.1 Å². The fraction of sp³-hybridized carbons (Fsp3) is 0.143. The zero-order valence-corrected chi connectivity index (χ0v) is 14.2. The Kier molecular flexibility index (Phi) is 4.95. The third-order valence-electron chi connectivity index (χ3n) is 2.96. The van der Waals surface area contributed by atoms with Gasteiger partial charge in [0.1, 0.15) is 5.82 Å². The fourth-order valence-electron chi connectivity index (χ4n) is 1.86. The molecule has 21 heavy (non-hydrogen) atoms. The number of hydrogen-bond acceptors (Lipinski definition) is 3. The van der Waals surface area contributed by atoms with Crippen LogP contribution in [0.4, 0.5) is 15.8 Å². The standard InChI is InChI=1S/C14H11Br2FN2O2/c1-8-4-12(16)13(6-14(8)19(20)21)18-7-9-5-10(17)2-3-11(9)15/h2-6,18H,7H2,1H3. The average Bonchev–Trinajstić information content (AvgIpc) is 2.41. The van der Waals surface area contributed by atoms with Crippen LogP contribution < -0.4 is 5.32 Å². The largest absolute Gasteiger partial charge is 0.380 e. The van der Waals surface area contributed by atoms with Crippen LogP contribution in [0.5, 0.6) is 0 Å². The summed E-state index contributed by atoms with van der Waals surface area (Å²) in [6.45, 7) is 2.02. The number of nitro groups is 1. The minimum atomic E-state index is -0.426. The van der Waals surface area contributed by atoms with Crippen LogP contribution >= 0.6 is 31.9 Å². The maximum atomic E-state index is 13.2. The number of hydrogen-bond donors (Lipinski definition) is 1. The lowest BCUT2D eigenvalue weighted by Crippen LogP contribution is -2.03. The molecule has 0 aliphatic carbocycles. The van der Waals surface area contributed by atoms with E-state index in [1.807, 2.05) is 0 Å². The quantitative estimate of drug-likeness (QED) is 0.550.